The molecule has 5 nitrogen and oxygen atoms in total. The lowest BCUT2D eigenvalue weighted by atomic mass is 9.88. The van der Waals surface area contributed by atoms with Crippen LogP contribution in [0.1, 0.15) is 51.0 Å². The number of thiophene rings is 1. The van der Waals surface area contributed by atoms with Gasteiger partial charge in [-0.25, -0.2) is 0 Å². The number of halogens is 1. The lowest BCUT2D eigenvalue weighted by Gasteiger charge is -2.38. The van der Waals surface area contributed by atoms with Crippen molar-refractivity contribution in [3.8, 4) is 0 Å². The monoisotopic (exact) mass is 521 g/mol. The first kappa shape index (κ1) is 25.7. The number of aliphatic imine (C=N–C) groups is 1. The number of rotatable bonds is 9. The third-order valence-electron chi connectivity index (χ3n) is 5.77. The van der Waals surface area contributed by atoms with E-state index in [9.17, 15) is 0 Å². The molecular formula is C21H40IN5S. The number of guanidine groups is 1. The largest absolute Gasteiger partial charge is 0.357 e. The maximum Gasteiger partial charge on any atom is 0.191 e. The smallest absolute Gasteiger partial charge is 0.191 e. The highest BCUT2D eigenvalue weighted by molar-refractivity contribution is 14.0. The van der Waals surface area contributed by atoms with Crippen LogP contribution in [0.4, 0.5) is 0 Å². The Labute approximate surface area is 193 Å². The molecule has 0 saturated carbocycles. The molecular weight excluding hydrogens is 481 g/mol. The Kier molecular flexibility index (Phi) is 12.6. The second-order valence-corrected chi connectivity index (χ2v) is 8.71. The van der Waals surface area contributed by atoms with Gasteiger partial charge in [-0.05, 0) is 71.1 Å². The predicted octanol–water partition coefficient (Wildman–Crippen LogP) is 4.03. The summed E-state index contributed by atoms with van der Waals surface area (Å²) in [6.07, 6.45) is 3.71. The van der Waals surface area contributed by atoms with E-state index in [0.717, 1.165) is 32.1 Å². The van der Waals surface area contributed by atoms with Crippen LogP contribution < -0.4 is 10.6 Å². The van der Waals surface area contributed by atoms with Gasteiger partial charge in [-0.3, -0.25) is 9.89 Å². The van der Waals surface area contributed by atoms with Crippen LogP contribution in [-0.4, -0.2) is 68.6 Å². The molecule has 1 fully saturated rings. The van der Waals surface area contributed by atoms with Gasteiger partial charge < -0.3 is 15.5 Å². The van der Waals surface area contributed by atoms with Crippen molar-refractivity contribution < 1.29 is 0 Å². The fraction of sp³-hybridized carbons (Fsp3) is 0.762. The molecule has 1 aliphatic rings. The molecule has 1 aliphatic heterocycles. The first-order valence-corrected chi connectivity index (χ1v) is 11.4. The van der Waals surface area contributed by atoms with Crippen LogP contribution in [0.2, 0.25) is 0 Å². The van der Waals surface area contributed by atoms with Gasteiger partial charge in [0.2, 0.25) is 0 Å². The summed E-state index contributed by atoms with van der Waals surface area (Å²) in [5, 5.41) is 9.12. The zero-order valence-corrected chi connectivity index (χ0v) is 21.4. The molecule has 0 aliphatic carbocycles. The third kappa shape index (κ3) is 7.80. The summed E-state index contributed by atoms with van der Waals surface area (Å²) >= 11 is 1.88. The number of hydrogen-bond donors (Lipinski definition) is 2. The van der Waals surface area contributed by atoms with Crippen LogP contribution in [0.25, 0.3) is 0 Å². The number of piperidine rings is 1. The first-order chi connectivity index (χ1) is 13.1. The van der Waals surface area contributed by atoms with Crippen molar-refractivity contribution in [1.82, 2.24) is 20.4 Å². The van der Waals surface area contributed by atoms with Crippen LogP contribution in [0, 0.1) is 5.92 Å². The standard InChI is InChI=1S/C21H39N5S.HI/c1-6-17(3)25(4)14-12-23-21(22-7-2)24-16-18-10-8-13-26(5)20(18)19-11-9-15-27-19;/h9,11,15,17-18,20H,6-8,10,12-14,16H2,1-5H3,(H2,22,23,24);1H. The maximum absolute atomic E-state index is 4.95. The zero-order chi connectivity index (χ0) is 19.6. The van der Waals surface area contributed by atoms with E-state index in [4.69, 9.17) is 4.99 Å². The van der Waals surface area contributed by atoms with Crippen LogP contribution in [0.5, 0.6) is 0 Å². The SMILES string of the molecule is CCNC(=NCC1CCCN(C)C1c1cccs1)NCCN(C)C(C)CC.I. The van der Waals surface area contributed by atoms with Gasteiger partial charge in [0.05, 0.1) is 0 Å². The van der Waals surface area contributed by atoms with Crippen molar-refractivity contribution in [2.75, 3.05) is 46.8 Å². The molecule has 2 heterocycles. The fourth-order valence-corrected chi connectivity index (χ4v) is 4.78. The lowest BCUT2D eigenvalue weighted by Crippen LogP contribution is -2.43. The van der Waals surface area contributed by atoms with Gasteiger partial charge in [-0.15, -0.1) is 35.3 Å². The molecule has 1 aromatic rings. The Morgan fingerprint density at radius 1 is 1.39 bits per heavy atom. The van der Waals surface area contributed by atoms with E-state index in [1.165, 1.54) is 30.7 Å². The highest BCUT2D eigenvalue weighted by Gasteiger charge is 2.31. The quantitative estimate of drug-likeness (QED) is 0.293. The van der Waals surface area contributed by atoms with Crippen molar-refractivity contribution in [1.29, 1.82) is 0 Å². The molecule has 28 heavy (non-hydrogen) atoms. The summed E-state index contributed by atoms with van der Waals surface area (Å²) in [5.41, 5.74) is 0. The Balaban J connectivity index is 0.00000392. The third-order valence-corrected chi connectivity index (χ3v) is 6.71. The second-order valence-electron chi connectivity index (χ2n) is 7.73. The van der Waals surface area contributed by atoms with Gasteiger partial charge in [0.15, 0.2) is 5.96 Å². The first-order valence-electron chi connectivity index (χ1n) is 10.5. The molecule has 2 N–H and O–H groups in total. The molecule has 2 rings (SSSR count). The van der Waals surface area contributed by atoms with Crippen LogP contribution in [0.15, 0.2) is 22.5 Å². The van der Waals surface area contributed by atoms with Crippen LogP contribution in [0.3, 0.4) is 0 Å². The lowest BCUT2D eigenvalue weighted by molar-refractivity contribution is 0.128. The van der Waals surface area contributed by atoms with E-state index in [-0.39, 0.29) is 24.0 Å². The number of likely N-dealkylation sites (N-methyl/N-ethyl adjacent to an activating group) is 1. The van der Waals surface area contributed by atoms with Crippen molar-refractivity contribution >= 4 is 41.3 Å². The number of likely N-dealkylation sites (tertiary alicyclic amines) is 1. The van der Waals surface area contributed by atoms with Crippen LogP contribution in [-0.2, 0) is 0 Å². The van der Waals surface area contributed by atoms with Gasteiger partial charge in [-0.2, -0.15) is 0 Å². The van der Waals surface area contributed by atoms with Gasteiger partial charge >= 0.3 is 0 Å². The molecule has 0 bridgehead atoms. The molecule has 0 radical (unpaired) electrons. The molecule has 0 amide bonds. The van der Waals surface area contributed by atoms with Gasteiger partial charge in [0.1, 0.15) is 0 Å². The molecule has 1 saturated heterocycles. The van der Waals surface area contributed by atoms with E-state index in [2.05, 4.69) is 72.8 Å². The Hall–Kier alpha value is -0.380. The summed E-state index contributed by atoms with van der Waals surface area (Å²) in [6, 6.07) is 5.57. The minimum absolute atomic E-state index is 0. The summed E-state index contributed by atoms with van der Waals surface area (Å²) < 4.78 is 0. The highest BCUT2D eigenvalue weighted by Crippen LogP contribution is 2.37. The Bertz CT molecular complexity index is 551. The average Bonchev–Trinajstić information content (AvgIpc) is 3.19. The topological polar surface area (TPSA) is 42.9 Å². The van der Waals surface area contributed by atoms with E-state index in [1.54, 1.807) is 0 Å². The second kappa shape index (κ2) is 13.8. The number of nitrogens with one attached hydrogen (secondary N) is 2. The number of nitrogens with zero attached hydrogens (tertiary/aromatic N) is 3. The predicted molar refractivity (Wildman–Crippen MR) is 134 cm³/mol. The fourth-order valence-electron chi connectivity index (χ4n) is 3.79. The van der Waals surface area contributed by atoms with Crippen molar-refractivity contribution in [3.05, 3.63) is 22.4 Å². The molecule has 3 atom stereocenters. The molecule has 3 unspecified atom stereocenters. The number of hydrogen-bond acceptors (Lipinski definition) is 4. The summed E-state index contributed by atoms with van der Waals surface area (Å²) in [5.74, 6) is 1.54. The molecule has 0 spiro atoms. The zero-order valence-electron chi connectivity index (χ0n) is 18.3. The molecule has 162 valence electrons. The maximum atomic E-state index is 4.95. The Morgan fingerprint density at radius 3 is 2.82 bits per heavy atom. The molecule has 1 aromatic heterocycles. The van der Waals surface area contributed by atoms with Crippen molar-refractivity contribution in [3.63, 3.8) is 0 Å². The van der Waals surface area contributed by atoms with E-state index in [1.807, 2.05) is 11.3 Å². The highest BCUT2D eigenvalue weighted by atomic mass is 127. The van der Waals surface area contributed by atoms with Crippen molar-refractivity contribution in [2.24, 2.45) is 10.9 Å². The van der Waals surface area contributed by atoms with Crippen LogP contribution >= 0.6 is 35.3 Å². The molecule has 0 aromatic carbocycles. The van der Waals surface area contributed by atoms with Gasteiger partial charge in [0.25, 0.3) is 0 Å². The minimum Gasteiger partial charge on any atom is -0.357 e. The van der Waals surface area contributed by atoms with Crippen molar-refractivity contribution in [2.45, 2.75) is 52.1 Å². The van der Waals surface area contributed by atoms with E-state index >= 15 is 0 Å². The summed E-state index contributed by atoms with van der Waals surface area (Å²) in [6.45, 7) is 11.6. The normalized spacial score (nSPS) is 22.0. The minimum atomic E-state index is 0. The van der Waals surface area contributed by atoms with Gasteiger partial charge in [-0.1, -0.05) is 13.0 Å². The van der Waals surface area contributed by atoms with E-state index < -0.39 is 0 Å². The summed E-state index contributed by atoms with van der Waals surface area (Å²) in [7, 11) is 4.46. The Morgan fingerprint density at radius 2 is 2.18 bits per heavy atom. The van der Waals surface area contributed by atoms with E-state index in [0.29, 0.717) is 18.0 Å². The average molecular weight is 522 g/mol. The van der Waals surface area contributed by atoms with Gasteiger partial charge in [0, 0.05) is 43.1 Å². The summed E-state index contributed by atoms with van der Waals surface area (Å²) in [4.78, 5) is 11.3. The molecule has 7 heteroatoms.